The lowest BCUT2D eigenvalue weighted by Crippen LogP contribution is -2.29. The molecule has 5 nitrogen and oxygen atoms in total. The first kappa shape index (κ1) is 19.7. The molecule has 1 aromatic heterocycles. The summed E-state index contributed by atoms with van der Waals surface area (Å²) >= 11 is 0. The first-order valence-corrected chi connectivity index (χ1v) is 9.54. The third kappa shape index (κ3) is 4.09. The summed E-state index contributed by atoms with van der Waals surface area (Å²) < 4.78 is 1.62. The number of phenols is 2. The van der Waals surface area contributed by atoms with Crippen molar-refractivity contribution in [3.8, 4) is 22.9 Å². The Morgan fingerprint density at radius 3 is 2.43 bits per heavy atom. The topological polar surface area (TPSA) is 75.4 Å². The summed E-state index contributed by atoms with van der Waals surface area (Å²) in [5.41, 5.74) is 2.74. The maximum Gasteiger partial charge on any atom is 0.257 e. The zero-order valence-corrected chi connectivity index (χ0v) is 16.5. The third-order valence-corrected chi connectivity index (χ3v) is 4.80. The van der Waals surface area contributed by atoms with Gasteiger partial charge in [-0.15, -0.1) is 0 Å². The van der Waals surface area contributed by atoms with E-state index in [9.17, 15) is 15.0 Å². The van der Waals surface area contributed by atoms with Crippen molar-refractivity contribution in [2.24, 2.45) is 5.92 Å². The Bertz CT molecular complexity index is 1020. The summed E-state index contributed by atoms with van der Waals surface area (Å²) in [6, 6.07) is 14.6. The lowest BCUT2D eigenvalue weighted by atomic mass is 10.0. The van der Waals surface area contributed by atoms with Crippen molar-refractivity contribution < 1.29 is 10.2 Å². The van der Waals surface area contributed by atoms with E-state index in [1.165, 1.54) is 6.07 Å². The van der Waals surface area contributed by atoms with E-state index in [1.54, 1.807) is 16.7 Å². The molecule has 0 radical (unpaired) electrons. The molecule has 2 N–H and O–H groups in total. The van der Waals surface area contributed by atoms with Crippen LogP contribution in [0.4, 0.5) is 0 Å². The van der Waals surface area contributed by atoms with Gasteiger partial charge in [-0.3, -0.25) is 9.36 Å². The number of aromatic nitrogens is 2. The van der Waals surface area contributed by atoms with Crippen LogP contribution >= 0.6 is 0 Å². The number of aromatic hydroxyl groups is 2. The standard InChI is InChI=1S/C23H26N2O3/c1-15(2)14-19-16(3)24-22(18-10-7-11-20(26)21(18)27)25(23(19)28)13-12-17-8-5-4-6-9-17/h4-11,15,26-27H,12-14H2,1-3H3. The minimum atomic E-state index is -0.265. The fourth-order valence-corrected chi connectivity index (χ4v) is 3.35. The monoisotopic (exact) mass is 378 g/mol. The molecule has 1 heterocycles. The summed E-state index contributed by atoms with van der Waals surface area (Å²) in [5, 5.41) is 20.3. The Morgan fingerprint density at radius 1 is 1.04 bits per heavy atom. The fraction of sp³-hybridized carbons (Fsp3) is 0.304. The van der Waals surface area contributed by atoms with Gasteiger partial charge in [-0.2, -0.15) is 0 Å². The minimum absolute atomic E-state index is 0.0881. The predicted molar refractivity (Wildman–Crippen MR) is 111 cm³/mol. The van der Waals surface area contributed by atoms with Crippen molar-refractivity contribution in [2.45, 2.75) is 40.2 Å². The highest BCUT2D eigenvalue weighted by Crippen LogP contribution is 2.35. The second-order valence-corrected chi connectivity index (χ2v) is 7.46. The summed E-state index contributed by atoms with van der Waals surface area (Å²) in [7, 11) is 0. The summed E-state index contributed by atoms with van der Waals surface area (Å²) in [4.78, 5) is 18.0. The summed E-state index contributed by atoms with van der Waals surface area (Å²) in [6.45, 7) is 6.40. The van der Waals surface area contributed by atoms with Gasteiger partial charge >= 0.3 is 0 Å². The van der Waals surface area contributed by atoms with Crippen LogP contribution in [0.5, 0.6) is 11.5 Å². The molecule has 3 rings (SSSR count). The molecule has 0 bridgehead atoms. The van der Waals surface area contributed by atoms with Gasteiger partial charge < -0.3 is 10.2 Å². The molecule has 0 saturated heterocycles. The van der Waals surface area contributed by atoms with Crippen molar-refractivity contribution in [1.82, 2.24) is 9.55 Å². The Hall–Kier alpha value is -3.08. The highest BCUT2D eigenvalue weighted by molar-refractivity contribution is 5.68. The Kier molecular flexibility index (Phi) is 5.83. The van der Waals surface area contributed by atoms with Gasteiger partial charge in [0, 0.05) is 17.8 Å². The maximum atomic E-state index is 13.3. The van der Waals surface area contributed by atoms with Crippen LogP contribution in [0.2, 0.25) is 0 Å². The predicted octanol–water partition coefficient (Wildman–Crippen LogP) is 4.07. The van der Waals surface area contributed by atoms with Crippen molar-refractivity contribution in [3.63, 3.8) is 0 Å². The number of para-hydroxylation sites is 1. The smallest absolute Gasteiger partial charge is 0.257 e. The molecule has 3 aromatic rings. The fourth-order valence-electron chi connectivity index (χ4n) is 3.35. The molecule has 0 aliphatic rings. The van der Waals surface area contributed by atoms with Gasteiger partial charge in [-0.25, -0.2) is 4.98 Å². The van der Waals surface area contributed by atoms with Crippen LogP contribution in [0, 0.1) is 12.8 Å². The number of phenolic OH excluding ortho intramolecular Hbond substituents is 2. The second-order valence-electron chi connectivity index (χ2n) is 7.46. The molecule has 0 unspecified atom stereocenters. The van der Waals surface area contributed by atoms with Crippen LogP contribution in [-0.4, -0.2) is 19.8 Å². The number of benzene rings is 2. The van der Waals surface area contributed by atoms with Crippen LogP contribution in [0.25, 0.3) is 11.4 Å². The van der Waals surface area contributed by atoms with Crippen molar-refractivity contribution >= 4 is 0 Å². The van der Waals surface area contributed by atoms with Gasteiger partial charge in [0.2, 0.25) is 0 Å². The maximum absolute atomic E-state index is 13.3. The minimum Gasteiger partial charge on any atom is -0.504 e. The van der Waals surface area contributed by atoms with E-state index in [0.29, 0.717) is 47.9 Å². The number of rotatable bonds is 6. The third-order valence-electron chi connectivity index (χ3n) is 4.80. The molecule has 2 aromatic carbocycles. The van der Waals surface area contributed by atoms with Crippen molar-refractivity contribution in [2.75, 3.05) is 0 Å². The first-order valence-electron chi connectivity index (χ1n) is 9.54. The molecule has 0 aliphatic heterocycles. The average molecular weight is 378 g/mol. The van der Waals surface area contributed by atoms with Gasteiger partial charge in [0.15, 0.2) is 11.5 Å². The molecular weight excluding hydrogens is 352 g/mol. The van der Waals surface area contributed by atoms with E-state index in [2.05, 4.69) is 18.8 Å². The molecule has 0 aliphatic carbocycles. The molecule has 28 heavy (non-hydrogen) atoms. The molecule has 146 valence electrons. The zero-order valence-electron chi connectivity index (χ0n) is 16.5. The zero-order chi connectivity index (χ0) is 20.3. The van der Waals surface area contributed by atoms with Crippen LogP contribution in [0.1, 0.15) is 30.7 Å². The van der Waals surface area contributed by atoms with E-state index in [0.717, 1.165) is 5.56 Å². The molecule has 0 fully saturated rings. The van der Waals surface area contributed by atoms with E-state index >= 15 is 0 Å². The van der Waals surface area contributed by atoms with Crippen LogP contribution in [0.15, 0.2) is 53.3 Å². The highest BCUT2D eigenvalue weighted by Gasteiger charge is 2.19. The van der Waals surface area contributed by atoms with Crippen molar-refractivity contribution in [3.05, 3.63) is 75.7 Å². The normalized spacial score (nSPS) is 11.1. The molecule has 0 amide bonds. The van der Waals surface area contributed by atoms with E-state index in [4.69, 9.17) is 0 Å². The van der Waals surface area contributed by atoms with Gasteiger partial charge in [0.25, 0.3) is 5.56 Å². The number of hydrogen-bond acceptors (Lipinski definition) is 4. The van der Waals surface area contributed by atoms with E-state index in [-0.39, 0.29) is 17.1 Å². The lowest BCUT2D eigenvalue weighted by molar-refractivity contribution is 0.404. The molecule has 5 heteroatoms. The quantitative estimate of drug-likeness (QED) is 0.634. The summed E-state index contributed by atoms with van der Waals surface area (Å²) in [5.74, 6) is 0.208. The molecular formula is C23H26N2O3. The lowest BCUT2D eigenvalue weighted by Gasteiger charge is -2.18. The number of aryl methyl sites for hydroxylation is 2. The van der Waals surface area contributed by atoms with E-state index in [1.807, 2.05) is 37.3 Å². The van der Waals surface area contributed by atoms with Crippen LogP contribution < -0.4 is 5.56 Å². The Balaban J connectivity index is 2.14. The van der Waals surface area contributed by atoms with E-state index < -0.39 is 0 Å². The molecule has 0 spiro atoms. The van der Waals surface area contributed by atoms with Crippen LogP contribution in [0.3, 0.4) is 0 Å². The van der Waals surface area contributed by atoms with Crippen molar-refractivity contribution in [1.29, 1.82) is 0 Å². The number of hydrogen-bond donors (Lipinski definition) is 2. The molecule has 0 atom stereocenters. The van der Waals surface area contributed by atoms with Gasteiger partial charge in [-0.1, -0.05) is 50.2 Å². The Labute approximate surface area is 164 Å². The van der Waals surface area contributed by atoms with Gasteiger partial charge in [0.05, 0.1) is 5.56 Å². The molecule has 0 saturated carbocycles. The first-order chi connectivity index (χ1) is 13.4. The largest absolute Gasteiger partial charge is 0.504 e. The van der Waals surface area contributed by atoms with Gasteiger partial charge in [0.1, 0.15) is 5.82 Å². The van der Waals surface area contributed by atoms with Crippen LogP contribution in [-0.2, 0) is 19.4 Å². The number of nitrogens with zero attached hydrogens (tertiary/aromatic N) is 2. The second kappa shape index (κ2) is 8.30. The summed E-state index contributed by atoms with van der Waals surface area (Å²) in [6.07, 6.45) is 1.31. The SMILES string of the molecule is Cc1nc(-c2cccc(O)c2O)n(CCc2ccccc2)c(=O)c1CC(C)C. The van der Waals surface area contributed by atoms with Gasteiger partial charge in [-0.05, 0) is 43.4 Å². The highest BCUT2D eigenvalue weighted by atomic mass is 16.3. The average Bonchev–Trinajstić information content (AvgIpc) is 2.67. The Morgan fingerprint density at radius 2 is 1.75 bits per heavy atom.